The van der Waals surface area contributed by atoms with Gasteiger partial charge >= 0.3 is 0 Å². The second-order valence-corrected chi connectivity index (χ2v) is 5.49. The summed E-state index contributed by atoms with van der Waals surface area (Å²) in [4.78, 5) is 4.45. The molecule has 0 spiro atoms. The lowest BCUT2D eigenvalue weighted by Gasteiger charge is -2.32. The van der Waals surface area contributed by atoms with Crippen molar-refractivity contribution >= 4 is 0 Å². The van der Waals surface area contributed by atoms with Gasteiger partial charge in [0.15, 0.2) is 0 Å². The summed E-state index contributed by atoms with van der Waals surface area (Å²) < 4.78 is 6.20. The van der Waals surface area contributed by atoms with E-state index < -0.39 is 0 Å². The third-order valence-corrected chi connectivity index (χ3v) is 3.94. The van der Waals surface area contributed by atoms with Crippen LogP contribution in [0.3, 0.4) is 0 Å². The minimum atomic E-state index is 0.360. The summed E-state index contributed by atoms with van der Waals surface area (Å²) in [5.74, 6) is 1.10. The van der Waals surface area contributed by atoms with Crippen molar-refractivity contribution in [1.82, 2.24) is 9.80 Å². The van der Waals surface area contributed by atoms with E-state index in [0.29, 0.717) is 6.10 Å². The third-order valence-electron chi connectivity index (χ3n) is 3.94. The van der Waals surface area contributed by atoms with E-state index in [2.05, 4.69) is 42.1 Å². The van der Waals surface area contributed by atoms with E-state index in [1.165, 1.54) is 11.1 Å². The highest BCUT2D eigenvalue weighted by Gasteiger charge is 2.23. The van der Waals surface area contributed by atoms with Gasteiger partial charge in [0.2, 0.25) is 0 Å². The highest BCUT2D eigenvalue weighted by Crippen LogP contribution is 2.29. The highest BCUT2D eigenvalue weighted by atomic mass is 16.5. The van der Waals surface area contributed by atoms with Gasteiger partial charge in [0.05, 0.1) is 0 Å². The molecule has 3 rings (SSSR count). The molecule has 2 aliphatic heterocycles. The molecule has 0 bridgehead atoms. The van der Waals surface area contributed by atoms with Crippen LogP contribution in [-0.4, -0.2) is 42.6 Å². The van der Waals surface area contributed by atoms with Crippen molar-refractivity contribution in [2.24, 2.45) is 0 Å². The SMILES string of the molecule is [CH2-]N1CCc2c(cccc2O[C@H]2CCN(C)C2)C1. The van der Waals surface area contributed by atoms with E-state index in [4.69, 9.17) is 4.74 Å². The number of likely N-dealkylation sites (tertiary alicyclic amines) is 1. The number of nitrogens with zero attached hydrogens (tertiary/aromatic N) is 2. The predicted molar refractivity (Wildman–Crippen MR) is 72.4 cm³/mol. The van der Waals surface area contributed by atoms with Crippen LogP contribution in [0.4, 0.5) is 0 Å². The van der Waals surface area contributed by atoms with Crippen LogP contribution in [0, 0.1) is 7.05 Å². The van der Waals surface area contributed by atoms with Crippen LogP contribution in [0.2, 0.25) is 0 Å². The highest BCUT2D eigenvalue weighted by molar-refractivity contribution is 5.42. The van der Waals surface area contributed by atoms with Crippen molar-refractivity contribution in [2.45, 2.75) is 25.5 Å². The Morgan fingerprint density at radius 1 is 1.33 bits per heavy atom. The fourth-order valence-corrected chi connectivity index (χ4v) is 2.91. The number of fused-ring (bicyclic) bond motifs is 1. The van der Waals surface area contributed by atoms with E-state index in [-0.39, 0.29) is 0 Å². The summed E-state index contributed by atoms with van der Waals surface area (Å²) in [6.45, 7) is 4.16. The second kappa shape index (κ2) is 4.90. The van der Waals surface area contributed by atoms with E-state index >= 15 is 0 Å². The summed E-state index contributed by atoms with van der Waals surface area (Å²) >= 11 is 0. The van der Waals surface area contributed by atoms with Crippen molar-refractivity contribution in [1.29, 1.82) is 0 Å². The molecule has 1 saturated heterocycles. The van der Waals surface area contributed by atoms with Gasteiger partial charge in [0.25, 0.3) is 0 Å². The lowest BCUT2D eigenvalue weighted by molar-refractivity contribution is 0.204. The summed E-state index contributed by atoms with van der Waals surface area (Å²) in [7, 11) is 6.18. The Labute approximate surface area is 109 Å². The maximum atomic E-state index is 6.20. The number of benzene rings is 1. The molecule has 0 N–H and O–H groups in total. The van der Waals surface area contributed by atoms with E-state index in [1.807, 2.05) is 0 Å². The second-order valence-electron chi connectivity index (χ2n) is 5.49. The minimum absolute atomic E-state index is 0.360. The summed E-state index contributed by atoms with van der Waals surface area (Å²) in [5, 5.41) is 0. The standard InChI is InChI=1S/C15H21N2O/c1-16-9-7-14-12(10-16)4-3-5-15(14)18-13-6-8-17(2)11-13/h3-5,13H,1,6-11H2,2H3/q-1/t13-/m0/s1. The van der Waals surface area contributed by atoms with Crippen LogP contribution in [0.15, 0.2) is 18.2 Å². The maximum Gasteiger partial charge on any atom is 0.123 e. The summed E-state index contributed by atoms with van der Waals surface area (Å²) in [5.41, 5.74) is 2.77. The Bertz CT molecular complexity index is 433. The molecule has 3 heteroatoms. The smallest absolute Gasteiger partial charge is 0.123 e. The van der Waals surface area contributed by atoms with Crippen LogP contribution < -0.4 is 4.74 Å². The molecule has 0 saturated carbocycles. The lowest BCUT2D eigenvalue weighted by Crippen LogP contribution is -2.26. The van der Waals surface area contributed by atoms with Gasteiger partial charge in [-0.1, -0.05) is 12.1 Å². The minimum Gasteiger partial charge on any atom is -0.489 e. The van der Waals surface area contributed by atoms with E-state index in [1.54, 1.807) is 0 Å². The maximum absolute atomic E-state index is 6.20. The Morgan fingerprint density at radius 3 is 3.00 bits per heavy atom. The van der Waals surface area contributed by atoms with E-state index in [0.717, 1.165) is 44.8 Å². The summed E-state index contributed by atoms with van der Waals surface area (Å²) in [6.07, 6.45) is 2.55. The molecular weight excluding hydrogens is 224 g/mol. The van der Waals surface area contributed by atoms with Crippen LogP contribution in [0.1, 0.15) is 17.5 Å². The lowest BCUT2D eigenvalue weighted by atomic mass is 9.99. The molecule has 0 aliphatic carbocycles. The molecule has 3 nitrogen and oxygen atoms in total. The Morgan fingerprint density at radius 2 is 2.22 bits per heavy atom. The van der Waals surface area contributed by atoms with E-state index in [9.17, 15) is 0 Å². The van der Waals surface area contributed by atoms with Gasteiger partial charge in [-0.25, -0.2) is 0 Å². The molecule has 98 valence electrons. The molecule has 1 atom stereocenters. The number of likely N-dealkylation sites (N-methyl/N-ethyl adjacent to an activating group) is 1. The van der Waals surface area contributed by atoms with Gasteiger partial charge in [0, 0.05) is 13.1 Å². The zero-order chi connectivity index (χ0) is 12.5. The van der Waals surface area contributed by atoms with Gasteiger partial charge < -0.3 is 14.5 Å². The number of hydrogen-bond acceptors (Lipinski definition) is 3. The third kappa shape index (κ3) is 2.38. The quantitative estimate of drug-likeness (QED) is 0.740. The molecule has 1 fully saturated rings. The molecule has 0 aromatic heterocycles. The molecule has 2 heterocycles. The molecule has 0 unspecified atom stereocenters. The Hall–Kier alpha value is -1.06. The fourth-order valence-electron chi connectivity index (χ4n) is 2.91. The van der Waals surface area contributed by atoms with Gasteiger partial charge in [-0.05, 0) is 50.2 Å². The molecular formula is C15H21N2O-. The average Bonchev–Trinajstić information content (AvgIpc) is 2.75. The molecule has 0 radical (unpaired) electrons. The Kier molecular flexibility index (Phi) is 3.27. The van der Waals surface area contributed by atoms with Gasteiger partial charge in [-0.2, -0.15) is 0 Å². The largest absolute Gasteiger partial charge is 0.489 e. The molecule has 2 aliphatic rings. The first-order valence-electron chi connectivity index (χ1n) is 6.74. The topological polar surface area (TPSA) is 15.7 Å². The normalized spacial score (nSPS) is 25.1. The van der Waals surface area contributed by atoms with Crippen LogP contribution in [0.5, 0.6) is 5.75 Å². The number of ether oxygens (including phenoxy) is 1. The predicted octanol–water partition coefficient (Wildman–Crippen LogP) is 1.92. The number of rotatable bonds is 2. The van der Waals surface area contributed by atoms with Gasteiger partial charge in [-0.15, -0.1) is 0 Å². The van der Waals surface area contributed by atoms with Crippen LogP contribution >= 0.6 is 0 Å². The number of hydrogen-bond donors (Lipinski definition) is 0. The zero-order valence-electron chi connectivity index (χ0n) is 11.1. The first-order valence-corrected chi connectivity index (χ1v) is 6.74. The molecule has 18 heavy (non-hydrogen) atoms. The van der Waals surface area contributed by atoms with Gasteiger partial charge in [0.1, 0.15) is 11.9 Å². The van der Waals surface area contributed by atoms with Crippen LogP contribution in [-0.2, 0) is 13.0 Å². The van der Waals surface area contributed by atoms with Gasteiger partial charge in [-0.3, -0.25) is 7.05 Å². The van der Waals surface area contributed by atoms with Crippen molar-refractivity contribution in [3.63, 3.8) is 0 Å². The average molecular weight is 245 g/mol. The first kappa shape index (κ1) is 12.0. The monoisotopic (exact) mass is 245 g/mol. The zero-order valence-corrected chi connectivity index (χ0v) is 11.1. The molecule has 1 aromatic carbocycles. The first-order chi connectivity index (χ1) is 8.72. The van der Waals surface area contributed by atoms with Crippen LogP contribution in [0.25, 0.3) is 0 Å². The Balaban J connectivity index is 1.78. The summed E-state index contributed by atoms with van der Waals surface area (Å²) in [6, 6.07) is 6.42. The fraction of sp³-hybridized carbons (Fsp3) is 0.533. The van der Waals surface area contributed by atoms with Crippen molar-refractivity contribution in [3.05, 3.63) is 36.4 Å². The van der Waals surface area contributed by atoms with Crippen molar-refractivity contribution in [3.8, 4) is 5.75 Å². The molecule has 1 aromatic rings. The van der Waals surface area contributed by atoms with Crippen molar-refractivity contribution in [2.75, 3.05) is 26.7 Å². The molecule has 0 amide bonds. The van der Waals surface area contributed by atoms with Crippen molar-refractivity contribution < 1.29 is 4.74 Å².